The van der Waals surface area contributed by atoms with E-state index in [1.165, 1.54) is 16.7 Å². The summed E-state index contributed by atoms with van der Waals surface area (Å²) in [5, 5.41) is 0. The van der Waals surface area contributed by atoms with E-state index in [2.05, 4.69) is 76.1 Å². The molecule has 1 aromatic carbocycles. The molecule has 21 heavy (non-hydrogen) atoms. The van der Waals surface area contributed by atoms with Crippen molar-refractivity contribution in [3.05, 3.63) is 41.0 Å². The predicted molar refractivity (Wildman–Crippen MR) is 83.2 cm³/mol. The van der Waals surface area contributed by atoms with Gasteiger partial charge >= 0.3 is 0 Å². The second kappa shape index (κ2) is 8.94. The molecule has 2 rings (SSSR count). The molecule has 0 saturated heterocycles. The van der Waals surface area contributed by atoms with Crippen LogP contribution < -0.4 is 4.98 Å². The van der Waals surface area contributed by atoms with Crippen molar-refractivity contribution in [3.8, 4) is 0 Å². The maximum Gasteiger partial charge on any atom is 0.131 e. The summed E-state index contributed by atoms with van der Waals surface area (Å²) >= 11 is 0. The minimum atomic E-state index is -1.54. The molecule has 1 unspecified atom stereocenters. The Morgan fingerprint density at radius 2 is 1.52 bits per heavy atom. The SMILES string of the molecule is CC1=Cc2ccccc2C1[Si](C)(C)NC(C)(C)C.[Ti].[Ti].[Ti]. The van der Waals surface area contributed by atoms with Crippen molar-refractivity contribution >= 4 is 14.3 Å². The quantitative estimate of drug-likeness (QED) is 0.726. The van der Waals surface area contributed by atoms with Crippen molar-refractivity contribution in [1.29, 1.82) is 0 Å². The van der Waals surface area contributed by atoms with Crippen LogP contribution in [-0.2, 0) is 65.2 Å². The first-order chi connectivity index (χ1) is 8.21. The molecule has 0 aromatic heterocycles. The number of hydrogen-bond donors (Lipinski definition) is 1. The Balaban J connectivity index is 0. The standard InChI is InChI=1S/C16H25NSi.3Ti/c1-12-11-13-9-7-8-10-14(13)15(12)18(5,6)17-16(2,3)4;;;/h7-11,15,17H,1-6H3;;;. The molecule has 0 radical (unpaired) electrons. The molecule has 0 fully saturated rings. The van der Waals surface area contributed by atoms with Crippen LogP contribution in [-0.4, -0.2) is 13.8 Å². The van der Waals surface area contributed by atoms with Crippen LogP contribution in [0.5, 0.6) is 0 Å². The smallest absolute Gasteiger partial charge is 0.131 e. The summed E-state index contributed by atoms with van der Waals surface area (Å²) in [6, 6.07) is 8.84. The number of fused-ring (bicyclic) bond motifs is 1. The molecule has 0 amide bonds. The Labute approximate surface area is 175 Å². The third kappa shape index (κ3) is 6.01. The Morgan fingerprint density at radius 3 is 2.05 bits per heavy atom. The van der Waals surface area contributed by atoms with Gasteiger partial charge in [-0.15, -0.1) is 0 Å². The first-order valence-corrected chi connectivity index (χ1v) is 9.85. The molecular weight excluding hydrogens is 378 g/mol. The summed E-state index contributed by atoms with van der Waals surface area (Å²) in [7, 11) is -1.54. The Kier molecular flexibility index (Phi) is 10.4. The van der Waals surface area contributed by atoms with Gasteiger partial charge in [0.05, 0.1) is 0 Å². The van der Waals surface area contributed by atoms with Gasteiger partial charge in [-0.25, -0.2) is 0 Å². The maximum atomic E-state index is 3.91. The maximum absolute atomic E-state index is 3.91. The van der Waals surface area contributed by atoms with Gasteiger partial charge in [0.2, 0.25) is 0 Å². The van der Waals surface area contributed by atoms with E-state index in [1.54, 1.807) is 0 Å². The number of hydrogen-bond acceptors (Lipinski definition) is 1. The predicted octanol–water partition coefficient (Wildman–Crippen LogP) is 4.31. The van der Waals surface area contributed by atoms with E-state index in [4.69, 9.17) is 0 Å². The third-order valence-electron chi connectivity index (χ3n) is 3.56. The van der Waals surface area contributed by atoms with Gasteiger partial charge in [-0.1, -0.05) is 49.0 Å². The number of rotatable bonds is 2. The molecule has 0 heterocycles. The summed E-state index contributed by atoms with van der Waals surface area (Å²) in [6.45, 7) is 14.0. The number of nitrogens with one attached hydrogen (secondary N) is 1. The van der Waals surface area contributed by atoms with E-state index in [-0.39, 0.29) is 70.7 Å². The first-order valence-electron chi connectivity index (χ1n) is 6.77. The second-order valence-electron chi connectivity index (χ2n) is 7.05. The molecule has 110 valence electrons. The summed E-state index contributed by atoms with van der Waals surface area (Å²) < 4.78 is 0. The van der Waals surface area contributed by atoms with Crippen LogP contribution in [0, 0.1) is 0 Å². The summed E-state index contributed by atoms with van der Waals surface area (Å²) in [5.74, 6) is 0. The molecule has 5 heteroatoms. The van der Waals surface area contributed by atoms with E-state index in [0.717, 1.165) is 0 Å². The van der Waals surface area contributed by atoms with Crippen molar-refractivity contribution in [3.63, 3.8) is 0 Å². The molecule has 1 aliphatic carbocycles. The van der Waals surface area contributed by atoms with Crippen LogP contribution in [0.3, 0.4) is 0 Å². The van der Waals surface area contributed by atoms with E-state index >= 15 is 0 Å². The normalized spacial score (nSPS) is 16.9. The molecule has 1 aromatic rings. The van der Waals surface area contributed by atoms with Crippen LogP contribution in [0.15, 0.2) is 29.8 Å². The minimum Gasteiger partial charge on any atom is -0.332 e. The zero-order chi connectivity index (χ0) is 13.6. The van der Waals surface area contributed by atoms with Gasteiger partial charge < -0.3 is 4.98 Å². The monoisotopic (exact) mass is 403 g/mol. The molecule has 0 aliphatic heterocycles. The molecule has 1 atom stereocenters. The molecular formula is C16H25NSiTi3. The van der Waals surface area contributed by atoms with Crippen LogP contribution in [0.4, 0.5) is 0 Å². The number of benzene rings is 1. The van der Waals surface area contributed by atoms with Gasteiger partial charge in [0.1, 0.15) is 8.24 Å². The molecule has 0 spiro atoms. The van der Waals surface area contributed by atoms with E-state index < -0.39 is 8.24 Å². The van der Waals surface area contributed by atoms with Gasteiger partial charge in [-0.05, 0) is 38.8 Å². The Morgan fingerprint density at radius 1 is 1.00 bits per heavy atom. The molecule has 0 bridgehead atoms. The minimum absolute atomic E-state index is 0. The summed E-state index contributed by atoms with van der Waals surface area (Å²) in [5.41, 5.74) is 5.24. The zero-order valence-corrected chi connectivity index (χ0v) is 19.6. The van der Waals surface area contributed by atoms with Gasteiger partial charge in [0.25, 0.3) is 0 Å². The van der Waals surface area contributed by atoms with Gasteiger partial charge in [0.15, 0.2) is 0 Å². The molecule has 0 saturated carbocycles. The van der Waals surface area contributed by atoms with Crippen LogP contribution >= 0.6 is 0 Å². The van der Waals surface area contributed by atoms with E-state index in [1.807, 2.05) is 0 Å². The van der Waals surface area contributed by atoms with Crippen molar-refractivity contribution in [1.82, 2.24) is 4.98 Å². The van der Waals surface area contributed by atoms with Gasteiger partial charge in [0, 0.05) is 76.2 Å². The average molecular weight is 403 g/mol. The van der Waals surface area contributed by atoms with E-state index in [9.17, 15) is 0 Å². The topological polar surface area (TPSA) is 12.0 Å². The van der Waals surface area contributed by atoms with Crippen molar-refractivity contribution in [2.75, 3.05) is 0 Å². The van der Waals surface area contributed by atoms with Crippen molar-refractivity contribution < 1.29 is 65.2 Å². The third-order valence-corrected chi connectivity index (χ3v) is 7.17. The first kappa shape index (κ1) is 24.5. The fraction of sp³-hybridized carbons (Fsp3) is 0.500. The fourth-order valence-electron chi connectivity index (χ4n) is 3.48. The van der Waals surface area contributed by atoms with E-state index in [0.29, 0.717) is 5.54 Å². The molecule has 1 aliphatic rings. The Hall–Kier alpha value is 1.28. The van der Waals surface area contributed by atoms with Crippen molar-refractivity contribution in [2.24, 2.45) is 0 Å². The van der Waals surface area contributed by atoms with Crippen LogP contribution in [0.1, 0.15) is 44.4 Å². The Bertz CT molecular complexity index is 493. The van der Waals surface area contributed by atoms with Crippen LogP contribution in [0.25, 0.3) is 6.08 Å². The molecule has 1 N–H and O–H groups in total. The van der Waals surface area contributed by atoms with Crippen LogP contribution in [0.2, 0.25) is 13.1 Å². The number of allylic oxidation sites excluding steroid dienone is 1. The van der Waals surface area contributed by atoms with Gasteiger partial charge in [-0.3, -0.25) is 0 Å². The zero-order valence-electron chi connectivity index (χ0n) is 14.0. The van der Waals surface area contributed by atoms with Crippen molar-refractivity contribution in [2.45, 2.75) is 51.9 Å². The van der Waals surface area contributed by atoms with Gasteiger partial charge in [-0.2, -0.15) is 0 Å². The molecule has 1 nitrogen and oxygen atoms in total. The largest absolute Gasteiger partial charge is 0.332 e. The fourth-order valence-corrected chi connectivity index (χ4v) is 7.82. The second-order valence-corrected chi connectivity index (χ2v) is 11.3. The summed E-state index contributed by atoms with van der Waals surface area (Å²) in [6.07, 6.45) is 2.36. The summed E-state index contributed by atoms with van der Waals surface area (Å²) in [4.78, 5) is 3.91. The average Bonchev–Trinajstić information content (AvgIpc) is 2.49.